The Morgan fingerprint density at radius 2 is 2.26 bits per heavy atom. The van der Waals surface area contributed by atoms with Gasteiger partial charge in [0, 0.05) is 6.20 Å². The second kappa shape index (κ2) is 8.02. The lowest BCUT2D eigenvalue weighted by Gasteiger charge is -2.14. The molecule has 1 atom stereocenters. The van der Waals surface area contributed by atoms with Crippen molar-refractivity contribution in [3.05, 3.63) is 24.0 Å². The zero-order chi connectivity index (χ0) is 14.1. The summed E-state index contributed by atoms with van der Waals surface area (Å²) in [5.74, 6) is -1.02. The Kier molecular flexibility index (Phi) is 6.28. The molecule has 0 saturated heterocycles. The maximum atomic E-state index is 11.6. The number of carboxylic acids is 1. The maximum absolute atomic E-state index is 11.6. The third kappa shape index (κ3) is 5.80. The van der Waals surface area contributed by atoms with Crippen LogP contribution in [0.5, 0.6) is 0 Å². The Balaban J connectivity index is 2.38. The first-order valence-electron chi connectivity index (χ1n) is 6.17. The molecule has 0 saturated carbocycles. The van der Waals surface area contributed by atoms with Gasteiger partial charge in [-0.3, -0.25) is 0 Å². The van der Waals surface area contributed by atoms with Gasteiger partial charge in [-0.25, -0.2) is 9.59 Å². The number of nitrogens with one attached hydrogen (secondary N) is 2. The molecule has 0 fully saturated rings. The highest BCUT2D eigenvalue weighted by molar-refractivity contribution is 5.82. The molecule has 0 unspecified atom stereocenters. The first kappa shape index (κ1) is 14.9. The van der Waals surface area contributed by atoms with Crippen LogP contribution in [-0.2, 0) is 11.3 Å². The molecule has 0 bridgehead atoms. The fourth-order valence-electron chi connectivity index (χ4n) is 1.47. The number of carbonyl (C=O) groups is 2. The summed E-state index contributed by atoms with van der Waals surface area (Å²) in [7, 11) is 0. The molecule has 7 heteroatoms. The van der Waals surface area contributed by atoms with E-state index in [4.69, 9.17) is 5.11 Å². The third-order valence-corrected chi connectivity index (χ3v) is 2.51. The van der Waals surface area contributed by atoms with Crippen LogP contribution in [0.2, 0.25) is 0 Å². The van der Waals surface area contributed by atoms with Gasteiger partial charge in [-0.05, 0) is 18.6 Å². The second-order valence-corrected chi connectivity index (χ2v) is 4.08. The molecule has 0 aliphatic carbocycles. The number of hydrogen-bond acceptors (Lipinski definition) is 4. The summed E-state index contributed by atoms with van der Waals surface area (Å²) >= 11 is 0. The number of nitrogens with zero attached hydrogens (tertiary/aromatic N) is 2. The van der Waals surface area contributed by atoms with Crippen LogP contribution < -0.4 is 10.6 Å². The Labute approximate surface area is 111 Å². The number of hydrogen-bond donors (Lipinski definition) is 3. The van der Waals surface area contributed by atoms with E-state index in [1.807, 2.05) is 6.92 Å². The lowest BCUT2D eigenvalue weighted by atomic mass is 10.1. The van der Waals surface area contributed by atoms with E-state index in [1.165, 1.54) is 6.20 Å². The highest BCUT2D eigenvalue weighted by atomic mass is 16.4. The molecule has 0 aliphatic rings. The predicted molar refractivity (Wildman–Crippen MR) is 68.4 cm³/mol. The van der Waals surface area contributed by atoms with E-state index in [9.17, 15) is 9.59 Å². The van der Waals surface area contributed by atoms with Crippen LogP contribution in [0, 0.1) is 0 Å². The normalized spacial score (nSPS) is 11.6. The third-order valence-electron chi connectivity index (χ3n) is 2.51. The van der Waals surface area contributed by atoms with E-state index < -0.39 is 18.0 Å². The molecule has 19 heavy (non-hydrogen) atoms. The molecule has 1 aromatic rings. The van der Waals surface area contributed by atoms with Gasteiger partial charge in [0.05, 0.1) is 12.2 Å². The molecule has 0 spiro atoms. The van der Waals surface area contributed by atoms with Crippen LogP contribution in [0.15, 0.2) is 18.3 Å². The molecule has 2 amide bonds. The summed E-state index contributed by atoms with van der Waals surface area (Å²) in [4.78, 5) is 22.5. The van der Waals surface area contributed by atoms with Gasteiger partial charge in [0.25, 0.3) is 0 Å². The predicted octanol–water partition coefficient (Wildman–Crippen LogP) is 0.919. The van der Waals surface area contributed by atoms with Gasteiger partial charge in [0.15, 0.2) is 0 Å². The van der Waals surface area contributed by atoms with Crippen molar-refractivity contribution in [2.75, 3.05) is 0 Å². The van der Waals surface area contributed by atoms with Crippen LogP contribution in [0.1, 0.15) is 31.9 Å². The van der Waals surface area contributed by atoms with Gasteiger partial charge < -0.3 is 15.7 Å². The quantitative estimate of drug-likeness (QED) is 0.680. The number of aromatic nitrogens is 2. The van der Waals surface area contributed by atoms with Crippen molar-refractivity contribution in [2.45, 2.75) is 38.8 Å². The first-order chi connectivity index (χ1) is 9.13. The van der Waals surface area contributed by atoms with E-state index in [-0.39, 0.29) is 6.54 Å². The average Bonchev–Trinajstić information content (AvgIpc) is 2.42. The molecule has 7 nitrogen and oxygen atoms in total. The maximum Gasteiger partial charge on any atom is 0.326 e. The minimum Gasteiger partial charge on any atom is -0.480 e. The van der Waals surface area contributed by atoms with E-state index in [0.29, 0.717) is 12.1 Å². The van der Waals surface area contributed by atoms with Gasteiger partial charge in [0.1, 0.15) is 6.04 Å². The largest absolute Gasteiger partial charge is 0.480 e. The van der Waals surface area contributed by atoms with E-state index in [1.54, 1.807) is 12.1 Å². The van der Waals surface area contributed by atoms with E-state index in [0.717, 1.165) is 12.8 Å². The standard InChI is InChI=1S/C12H18N4O3/c1-2-3-6-10(11(17)18)15-12(19)13-8-9-5-4-7-14-16-9/h4-5,7,10H,2-3,6,8H2,1H3,(H,17,18)(H2,13,15,19)/t10-/m0/s1. The molecular formula is C12H18N4O3. The highest BCUT2D eigenvalue weighted by Gasteiger charge is 2.18. The van der Waals surface area contributed by atoms with E-state index in [2.05, 4.69) is 20.8 Å². The first-order valence-corrected chi connectivity index (χ1v) is 6.17. The fourth-order valence-corrected chi connectivity index (χ4v) is 1.47. The SMILES string of the molecule is CCCC[C@H](NC(=O)NCc1cccnn1)C(=O)O. The number of carbonyl (C=O) groups excluding carboxylic acids is 1. The van der Waals surface area contributed by atoms with Crippen LogP contribution in [0.4, 0.5) is 4.79 Å². The van der Waals surface area contributed by atoms with Gasteiger partial charge in [-0.2, -0.15) is 10.2 Å². The average molecular weight is 266 g/mol. The van der Waals surface area contributed by atoms with Crippen molar-refractivity contribution in [3.63, 3.8) is 0 Å². The van der Waals surface area contributed by atoms with Crippen LogP contribution in [-0.4, -0.2) is 33.3 Å². The molecule has 0 radical (unpaired) electrons. The fraction of sp³-hybridized carbons (Fsp3) is 0.500. The Morgan fingerprint density at radius 1 is 1.47 bits per heavy atom. The number of carboxylic acid groups (broad SMARTS) is 1. The highest BCUT2D eigenvalue weighted by Crippen LogP contribution is 2.00. The van der Waals surface area contributed by atoms with Crippen molar-refractivity contribution in [1.82, 2.24) is 20.8 Å². The zero-order valence-electron chi connectivity index (χ0n) is 10.8. The molecule has 104 valence electrons. The Bertz CT molecular complexity index is 411. The van der Waals surface area contributed by atoms with Crippen molar-refractivity contribution in [2.24, 2.45) is 0 Å². The van der Waals surface area contributed by atoms with Crippen molar-refractivity contribution in [1.29, 1.82) is 0 Å². The number of urea groups is 1. The monoisotopic (exact) mass is 266 g/mol. The molecule has 3 N–H and O–H groups in total. The molecule has 0 aromatic carbocycles. The number of unbranched alkanes of at least 4 members (excludes halogenated alkanes) is 1. The molecular weight excluding hydrogens is 248 g/mol. The number of rotatable bonds is 7. The summed E-state index contributed by atoms with van der Waals surface area (Å²) in [6.45, 7) is 2.17. The minimum absolute atomic E-state index is 0.208. The molecule has 0 aliphatic heterocycles. The summed E-state index contributed by atoms with van der Waals surface area (Å²) < 4.78 is 0. The number of amides is 2. The van der Waals surface area contributed by atoms with Crippen molar-refractivity contribution >= 4 is 12.0 Å². The summed E-state index contributed by atoms with van der Waals surface area (Å²) in [5.41, 5.74) is 0.609. The molecule has 1 rings (SSSR count). The summed E-state index contributed by atoms with van der Waals surface area (Å²) in [6.07, 6.45) is 3.59. The van der Waals surface area contributed by atoms with Crippen molar-refractivity contribution in [3.8, 4) is 0 Å². The number of aliphatic carboxylic acids is 1. The summed E-state index contributed by atoms with van der Waals surface area (Å²) in [5, 5.41) is 21.4. The van der Waals surface area contributed by atoms with Crippen LogP contribution in [0.3, 0.4) is 0 Å². The van der Waals surface area contributed by atoms with Gasteiger partial charge in [0.2, 0.25) is 0 Å². The van der Waals surface area contributed by atoms with Crippen LogP contribution >= 0.6 is 0 Å². The Hall–Kier alpha value is -2.18. The topological polar surface area (TPSA) is 104 Å². The zero-order valence-corrected chi connectivity index (χ0v) is 10.8. The molecule has 1 aromatic heterocycles. The van der Waals surface area contributed by atoms with E-state index >= 15 is 0 Å². The second-order valence-electron chi connectivity index (χ2n) is 4.08. The van der Waals surface area contributed by atoms with Gasteiger partial charge in [-0.15, -0.1) is 0 Å². The van der Waals surface area contributed by atoms with Gasteiger partial charge >= 0.3 is 12.0 Å². The smallest absolute Gasteiger partial charge is 0.326 e. The van der Waals surface area contributed by atoms with Crippen molar-refractivity contribution < 1.29 is 14.7 Å². The molecule has 1 heterocycles. The lowest BCUT2D eigenvalue weighted by Crippen LogP contribution is -2.45. The Morgan fingerprint density at radius 3 is 2.84 bits per heavy atom. The summed E-state index contributed by atoms with van der Waals surface area (Å²) in [6, 6.07) is 2.05. The minimum atomic E-state index is -1.02. The van der Waals surface area contributed by atoms with Gasteiger partial charge in [-0.1, -0.05) is 19.8 Å². The van der Waals surface area contributed by atoms with Crippen LogP contribution in [0.25, 0.3) is 0 Å². The lowest BCUT2D eigenvalue weighted by molar-refractivity contribution is -0.139.